The number of hydrogen-bond donors (Lipinski definition) is 2. The van der Waals surface area contributed by atoms with Crippen molar-refractivity contribution in [1.82, 2.24) is 15.5 Å². The fourth-order valence-electron chi connectivity index (χ4n) is 2.18. The van der Waals surface area contributed by atoms with Crippen LogP contribution in [0, 0.1) is 0 Å². The van der Waals surface area contributed by atoms with E-state index in [2.05, 4.69) is 27.7 Å². The Balaban J connectivity index is 1.54. The van der Waals surface area contributed by atoms with Gasteiger partial charge >= 0.3 is 0 Å². The molecule has 1 aromatic rings. The number of piperazine rings is 1. The first-order chi connectivity index (χ1) is 8.84. The Morgan fingerprint density at radius 3 is 2.56 bits per heavy atom. The molecule has 0 atom stereocenters. The summed E-state index contributed by atoms with van der Waals surface area (Å²) in [7, 11) is 0. The normalized spacial score (nSPS) is 16.9. The van der Waals surface area contributed by atoms with Crippen molar-refractivity contribution in [2.75, 3.05) is 45.8 Å². The predicted molar refractivity (Wildman–Crippen MR) is 77.3 cm³/mol. The van der Waals surface area contributed by atoms with Gasteiger partial charge in [-0.1, -0.05) is 23.7 Å². The summed E-state index contributed by atoms with van der Waals surface area (Å²) in [5, 5.41) is 7.68. The number of nitrogens with zero attached hydrogens (tertiary/aromatic N) is 1. The second kappa shape index (κ2) is 7.74. The highest BCUT2D eigenvalue weighted by Gasteiger charge is 2.07. The Kier molecular flexibility index (Phi) is 5.94. The SMILES string of the molecule is Clc1ccc(CCNCCN2CCNCC2)cc1. The van der Waals surface area contributed by atoms with E-state index >= 15 is 0 Å². The summed E-state index contributed by atoms with van der Waals surface area (Å²) >= 11 is 5.86. The lowest BCUT2D eigenvalue weighted by molar-refractivity contribution is 0.241. The standard InChI is InChI=1S/C14H22ClN3/c15-14-3-1-13(2-4-14)5-6-16-7-10-18-11-8-17-9-12-18/h1-4,16-17H,5-12H2. The largest absolute Gasteiger partial charge is 0.315 e. The zero-order valence-electron chi connectivity index (χ0n) is 10.8. The monoisotopic (exact) mass is 267 g/mol. The van der Waals surface area contributed by atoms with Gasteiger partial charge in [-0.25, -0.2) is 0 Å². The first-order valence-corrected chi connectivity index (χ1v) is 7.10. The van der Waals surface area contributed by atoms with Gasteiger partial charge in [0.2, 0.25) is 0 Å². The Hall–Kier alpha value is -0.610. The third-order valence-electron chi connectivity index (χ3n) is 3.32. The maximum Gasteiger partial charge on any atom is 0.0406 e. The maximum atomic E-state index is 5.86. The number of hydrogen-bond acceptors (Lipinski definition) is 3. The van der Waals surface area contributed by atoms with E-state index < -0.39 is 0 Å². The molecular weight excluding hydrogens is 246 g/mol. The van der Waals surface area contributed by atoms with Crippen LogP contribution in [0.25, 0.3) is 0 Å². The summed E-state index contributed by atoms with van der Waals surface area (Å²) < 4.78 is 0. The molecule has 1 fully saturated rings. The number of nitrogens with one attached hydrogen (secondary N) is 2. The molecule has 2 rings (SSSR count). The lowest BCUT2D eigenvalue weighted by Gasteiger charge is -2.27. The van der Waals surface area contributed by atoms with Gasteiger partial charge < -0.3 is 10.6 Å². The van der Waals surface area contributed by atoms with Gasteiger partial charge in [-0.05, 0) is 30.7 Å². The van der Waals surface area contributed by atoms with Crippen LogP contribution in [0.4, 0.5) is 0 Å². The molecule has 0 spiro atoms. The van der Waals surface area contributed by atoms with Crippen molar-refractivity contribution in [2.24, 2.45) is 0 Å². The fraction of sp³-hybridized carbons (Fsp3) is 0.571. The summed E-state index contributed by atoms with van der Waals surface area (Å²) in [4.78, 5) is 2.51. The van der Waals surface area contributed by atoms with E-state index in [4.69, 9.17) is 11.6 Å². The van der Waals surface area contributed by atoms with Crippen molar-refractivity contribution in [3.8, 4) is 0 Å². The third-order valence-corrected chi connectivity index (χ3v) is 3.57. The van der Waals surface area contributed by atoms with Gasteiger partial charge in [0.15, 0.2) is 0 Å². The van der Waals surface area contributed by atoms with Gasteiger partial charge in [0, 0.05) is 44.3 Å². The molecule has 0 aromatic heterocycles. The van der Waals surface area contributed by atoms with Gasteiger partial charge in [-0.15, -0.1) is 0 Å². The molecule has 18 heavy (non-hydrogen) atoms. The van der Waals surface area contributed by atoms with Crippen LogP contribution in [-0.2, 0) is 6.42 Å². The van der Waals surface area contributed by atoms with Gasteiger partial charge in [0.05, 0.1) is 0 Å². The second-order valence-electron chi connectivity index (χ2n) is 4.72. The molecule has 1 heterocycles. The van der Waals surface area contributed by atoms with Crippen molar-refractivity contribution in [2.45, 2.75) is 6.42 Å². The molecule has 0 radical (unpaired) electrons. The van der Waals surface area contributed by atoms with E-state index in [0.29, 0.717) is 0 Å². The Bertz CT molecular complexity index is 333. The predicted octanol–water partition coefficient (Wildman–Crippen LogP) is 1.38. The molecule has 0 amide bonds. The van der Waals surface area contributed by atoms with Crippen LogP contribution >= 0.6 is 11.6 Å². The Morgan fingerprint density at radius 1 is 1.11 bits per heavy atom. The molecular formula is C14H22ClN3. The number of rotatable bonds is 6. The van der Waals surface area contributed by atoms with Crippen LogP contribution in [-0.4, -0.2) is 50.7 Å². The van der Waals surface area contributed by atoms with Gasteiger partial charge in [0.1, 0.15) is 0 Å². The van der Waals surface area contributed by atoms with E-state index in [9.17, 15) is 0 Å². The Labute approximate surface area is 115 Å². The minimum absolute atomic E-state index is 0.811. The van der Waals surface area contributed by atoms with Gasteiger partial charge in [-0.2, -0.15) is 0 Å². The highest BCUT2D eigenvalue weighted by Crippen LogP contribution is 2.09. The minimum Gasteiger partial charge on any atom is -0.315 e. The van der Waals surface area contributed by atoms with Crippen molar-refractivity contribution >= 4 is 11.6 Å². The quantitative estimate of drug-likeness (QED) is 0.763. The Morgan fingerprint density at radius 2 is 1.83 bits per heavy atom. The summed E-state index contributed by atoms with van der Waals surface area (Å²) in [6, 6.07) is 8.11. The van der Waals surface area contributed by atoms with E-state index in [1.54, 1.807) is 0 Å². The first-order valence-electron chi connectivity index (χ1n) is 6.73. The van der Waals surface area contributed by atoms with E-state index in [1.807, 2.05) is 12.1 Å². The molecule has 4 heteroatoms. The average Bonchev–Trinajstić information content (AvgIpc) is 2.42. The van der Waals surface area contributed by atoms with E-state index in [0.717, 1.165) is 44.2 Å². The lowest BCUT2D eigenvalue weighted by Crippen LogP contribution is -2.45. The molecule has 0 saturated carbocycles. The molecule has 3 nitrogen and oxygen atoms in total. The minimum atomic E-state index is 0.811. The summed E-state index contributed by atoms with van der Waals surface area (Å²) in [6.45, 7) is 7.89. The van der Waals surface area contributed by atoms with Crippen LogP contribution in [0.1, 0.15) is 5.56 Å². The molecule has 2 N–H and O–H groups in total. The highest BCUT2D eigenvalue weighted by atomic mass is 35.5. The van der Waals surface area contributed by atoms with E-state index in [1.165, 1.54) is 18.7 Å². The summed E-state index contributed by atoms with van der Waals surface area (Å²) in [5.41, 5.74) is 1.34. The van der Waals surface area contributed by atoms with E-state index in [-0.39, 0.29) is 0 Å². The smallest absolute Gasteiger partial charge is 0.0406 e. The van der Waals surface area contributed by atoms with Crippen LogP contribution in [0.2, 0.25) is 5.02 Å². The van der Waals surface area contributed by atoms with Crippen molar-refractivity contribution in [1.29, 1.82) is 0 Å². The topological polar surface area (TPSA) is 27.3 Å². The average molecular weight is 268 g/mol. The summed E-state index contributed by atoms with van der Waals surface area (Å²) in [5.74, 6) is 0. The van der Waals surface area contributed by atoms with Crippen molar-refractivity contribution < 1.29 is 0 Å². The number of benzene rings is 1. The summed E-state index contributed by atoms with van der Waals surface area (Å²) in [6.07, 6.45) is 1.07. The highest BCUT2D eigenvalue weighted by molar-refractivity contribution is 6.30. The zero-order valence-corrected chi connectivity index (χ0v) is 11.5. The van der Waals surface area contributed by atoms with Crippen molar-refractivity contribution in [3.63, 3.8) is 0 Å². The lowest BCUT2D eigenvalue weighted by atomic mass is 10.1. The molecule has 1 aliphatic rings. The van der Waals surface area contributed by atoms with Gasteiger partial charge in [-0.3, -0.25) is 4.90 Å². The van der Waals surface area contributed by atoms with Crippen LogP contribution in [0.5, 0.6) is 0 Å². The van der Waals surface area contributed by atoms with Gasteiger partial charge in [0.25, 0.3) is 0 Å². The molecule has 0 unspecified atom stereocenters. The number of halogens is 1. The molecule has 1 aliphatic heterocycles. The van der Waals surface area contributed by atoms with Crippen LogP contribution in [0.15, 0.2) is 24.3 Å². The second-order valence-corrected chi connectivity index (χ2v) is 5.15. The van der Waals surface area contributed by atoms with Crippen LogP contribution < -0.4 is 10.6 Å². The van der Waals surface area contributed by atoms with Crippen LogP contribution in [0.3, 0.4) is 0 Å². The third kappa shape index (κ3) is 4.94. The van der Waals surface area contributed by atoms with Crippen molar-refractivity contribution in [3.05, 3.63) is 34.9 Å². The first kappa shape index (κ1) is 13.8. The molecule has 100 valence electrons. The molecule has 0 aliphatic carbocycles. The molecule has 0 bridgehead atoms. The fourth-order valence-corrected chi connectivity index (χ4v) is 2.31. The maximum absolute atomic E-state index is 5.86. The zero-order chi connectivity index (χ0) is 12.6. The molecule has 1 saturated heterocycles. The molecule has 1 aromatic carbocycles.